The fraction of sp³-hybridized carbons (Fsp3) is 0.227. The summed E-state index contributed by atoms with van der Waals surface area (Å²) in [6.07, 6.45) is 4.35. The summed E-state index contributed by atoms with van der Waals surface area (Å²) in [6, 6.07) is 13.3. The van der Waals surface area contributed by atoms with Gasteiger partial charge in [-0.05, 0) is 48.9 Å². The van der Waals surface area contributed by atoms with Gasteiger partial charge in [0.25, 0.3) is 5.91 Å². The monoisotopic (exact) mass is 425 g/mol. The highest BCUT2D eigenvalue weighted by atomic mass is 32.2. The largest absolute Gasteiger partial charge is 0.379 e. The number of hydrogen-bond donors (Lipinski definition) is 3. The van der Waals surface area contributed by atoms with Gasteiger partial charge >= 0.3 is 0 Å². The summed E-state index contributed by atoms with van der Waals surface area (Å²) >= 11 is 6.40. The van der Waals surface area contributed by atoms with E-state index in [-0.39, 0.29) is 24.7 Å². The molecule has 0 saturated carbocycles. The quantitative estimate of drug-likeness (QED) is 0.435. The van der Waals surface area contributed by atoms with E-state index >= 15 is 0 Å². The summed E-state index contributed by atoms with van der Waals surface area (Å²) in [4.78, 5) is 26.0. The Labute approximate surface area is 180 Å². The van der Waals surface area contributed by atoms with Gasteiger partial charge < -0.3 is 16.4 Å². The number of nitrogens with two attached hydrogens (primary N) is 1. The van der Waals surface area contributed by atoms with Crippen molar-refractivity contribution in [1.29, 1.82) is 0 Å². The van der Waals surface area contributed by atoms with Gasteiger partial charge in [0.2, 0.25) is 0 Å². The van der Waals surface area contributed by atoms with Gasteiger partial charge in [0, 0.05) is 45.7 Å². The zero-order valence-electron chi connectivity index (χ0n) is 16.1. The third kappa shape index (κ3) is 6.00. The highest BCUT2D eigenvalue weighted by Gasteiger charge is 2.12. The van der Waals surface area contributed by atoms with Gasteiger partial charge in [0.1, 0.15) is 5.78 Å². The van der Waals surface area contributed by atoms with Crippen LogP contribution in [0.1, 0.15) is 29.3 Å². The van der Waals surface area contributed by atoms with Gasteiger partial charge in [0.15, 0.2) is 0 Å². The molecule has 3 rings (SSSR count). The van der Waals surface area contributed by atoms with Crippen molar-refractivity contribution in [1.82, 2.24) is 0 Å². The van der Waals surface area contributed by atoms with Crippen LogP contribution in [0.15, 0.2) is 53.4 Å². The number of rotatable bonds is 8. The van der Waals surface area contributed by atoms with Crippen molar-refractivity contribution in [2.75, 3.05) is 22.9 Å². The lowest BCUT2D eigenvalue weighted by Gasteiger charge is -2.19. The minimum atomic E-state index is -0.191. The Morgan fingerprint density at radius 1 is 1.24 bits per heavy atom. The van der Waals surface area contributed by atoms with Crippen LogP contribution >= 0.6 is 24.0 Å². The zero-order chi connectivity index (χ0) is 20.8. The second-order valence-corrected chi connectivity index (χ2v) is 8.45. The van der Waals surface area contributed by atoms with Crippen LogP contribution in [0.3, 0.4) is 0 Å². The number of benzene rings is 2. The molecule has 1 atom stereocenters. The van der Waals surface area contributed by atoms with Crippen molar-refractivity contribution in [2.24, 2.45) is 5.73 Å². The molecule has 0 fully saturated rings. The number of nitrogens with one attached hydrogen (secondary N) is 2. The van der Waals surface area contributed by atoms with Crippen molar-refractivity contribution < 1.29 is 9.59 Å². The third-order valence-electron chi connectivity index (χ3n) is 4.38. The van der Waals surface area contributed by atoms with Crippen molar-refractivity contribution in [3.05, 3.63) is 59.7 Å². The average molecular weight is 426 g/mol. The van der Waals surface area contributed by atoms with E-state index in [0.717, 1.165) is 21.8 Å². The summed E-state index contributed by atoms with van der Waals surface area (Å²) in [5.74, 6) is 0.142. The Bertz CT molecular complexity index is 972. The average Bonchev–Trinajstić information content (AvgIpc) is 2.72. The van der Waals surface area contributed by atoms with Gasteiger partial charge in [0.05, 0.1) is 5.75 Å². The summed E-state index contributed by atoms with van der Waals surface area (Å²) in [5.41, 5.74) is 8.80. The van der Waals surface area contributed by atoms with E-state index in [1.165, 1.54) is 11.8 Å². The van der Waals surface area contributed by atoms with E-state index in [2.05, 4.69) is 29.7 Å². The zero-order valence-corrected chi connectivity index (χ0v) is 17.7. The molecule has 0 saturated heterocycles. The molecule has 2 aromatic rings. The fourth-order valence-corrected chi connectivity index (χ4v) is 3.86. The number of thiocarbonyl (C=S) groups is 1. The summed E-state index contributed by atoms with van der Waals surface area (Å²) < 4.78 is 0. The number of thioether (sulfide) groups is 1. The second kappa shape index (κ2) is 9.82. The molecular weight excluding hydrogens is 402 g/mol. The standard InChI is InChI=1S/C22H23N3O2S2/c1-14-5-6-15-9-17(7-8-21(15)24-14)25-22(27)16-3-2-4-20(10-16)29-13-18(26)11-19(28)12-23/h2-10,14,24H,11-13,23H2,1H3,(H,25,27). The van der Waals surface area contributed by atoms with Crippen molar-refractivity contribution in [2.45, 2.75) is 24.3 Å². The van der Waals surface area contributed by atoms with E-state index < -0.39 is 0 Å². The first kappa shape index (κ1) is 21.2. The number of carbonyl (C=O) groups excluding carboxylic acids is 2. The lowest BCUT2D eigenvalue weighted by molar-refractivity contribution is -0.115. The number of hydrogen-bond acceptors (Lipinski definition) is 6. The second-order valence-electron chi connectivity index (χ2n) is 6.82. The molecule has 1 heterocycles. The van der Waals surface area contributed by atoms with Crippen molar-refractivity contribution in [3.63, 3.8) is 0 Å². The smallest absolute Gasteiger partial charge is 0.255 e. The molecule has 4 N–H and O–H groups in total. The maximum Gasteiger partial charge on any atom is 0.255 e. The highest BCUT2D eigenvalue weighted by Crippen LogP contribution is 2.27. The minimum absolute atomic E-state index is 0.0327. The van der Waals surface area contributed by atoms with Gasteiger partial charge in [-0.15, -0.1) is 11.8 Å². The van der Waals surface area contributed by atoms with E-state index in [0.29, 0.717) is 22.2 Å². The SMILES string of the molecule is CC1C=Cc2cc(NC(=O)c3cccc(SCC(=O)CC(=S)CN)c3)ccc2N1. The molecule has 1 unspecified atom stereocenters. The first-order chi connectivity index (χ1) is 13.9. The first-order valence-electron chi connectivity index (χ1n) is 9.31. The van der Waals surface area contributed by atoms with Crippen LogP contribution in [0, 0.1) is 0 Å². The molecule has 150 valence electrons. The molecule has 29 heavy (non-hydrogen) atoms. The molecule has 2 aromatic carbocycles. The Hall–Kier alpha value is -2.48. The number of Topliss-reactive ketones (excluding diaryl/α,β-unsaturated/α-hetero) is 1. The van der Waals surface area contributed by atoms with Crippen LogP contribution in [0.5, 0.6) is 0 Å². The molecule has 7 heteroatoms. The van der Waals surface area contributed by atoms with Crippen LogP contribution in [-0.4, -0.2) is 34.9 Å². The molecule has 0 bridgehead atoms. The number of ketones is 1. The summed E-state index contributed by atoms with van der Waals surface area (Å²) in [5, 5.41) is 6.31. The van der Waals surface area contributed by atoms with Crippen LogP contribution in [0.2, 0.25) is 0 Å². The van der Waals surface area contributed by atoms with E-state index in [4.69, 9.17) is 18.0 Å². The lowest BCUT2D eigenvalue weighted by atomic mass is 10.1. The predicted octanol–water partition coefficient (Wildman–Crippen LogP) is 4.15. The van der Waals surface area contributed by atoms with Gasteiger partial charge in [-0.2, -0.15) is 0 Å². The van der Waals surface area contributed by atoms with Gasteiger partial charge in [-0.1, -0.05) is 30.4 Å². The molecule has 1 aliphatic heterocycles. The Balaban J connectivity index is 1.62. The Morgan fingerprint density at radius 3 is 2.86 bits per heavy atom. The first-order valence-corrected chi connectivity index (χ1v) is 10.7. The molecule has 1 amide bonds. The molecule has 0 spiro atoms. The van der Waals surface area contributed by atoms with Crippen molar-refractivity contribution >= 4 is 58.0 Å². The van der Waals surface area contributed by atoms with E-state index in [9.17, 15) is 9.59 Å². The number of fused-ring (bicyclic) bond motifs is 1. The van der Waals surface area contributed by atoms with Crippen LogP contribution in [-0.2, 0) is 4.79 Å². The maximum absolute atomic E-state index is 12.7. The van der Waals surface area contributed by atoms with Crippen LogP contribution in [0.25, 0.3) is 6.08 Å². The summed E-state index contributed by atoms with van der Waals surface area (Å²) in [6.45, 7) is 2.33. The number of carbonyl (C=O) groups is 2. The lowest BCUT2D eigenvalue weighted by Crippen LogP contribution is -2.17. The highest BCUT2D eigenvalue weighted by molar-refractivity contribution is 8.00. The van der Waals surface area contributed by atoms with Crippen LogP contribution in [0.4, 0.5) is 11.4 Å². The van der Waals surface area contributed by atoms with Gasteiger partial charge in [-0.25, -0.2) is 0 Å². The fourth-order valence-electron chi connectivity index (χ4n) is 2.89. The molecule has 5 nitrogen and oxygen atoms in total. The normalized spacial score (nSPS) is 14.6. The Morgan fingerprint density at radius 2 is 2.07 bits per heavy atom. The maximum atomic E-state index is 12.7. The molecule has 0 aliphatic carbocycles. The molecule has 1 aliphatic rings. The van der Waals surface area contributed by atoms with E-state index in [1.807, 2.05) is 30.3 Å². The minimum Gasteiger partial charge on any atom is -0.379 e. The molecule has 0 radical (unpaired) electrons. The van der Waals surface area contributed by atoms with E-state index in [1.54, 1.807) is 12.1 Å². The molecular formula is C22H23N3O2S2. The van der Waals surface area contributed by atoms with Crippen LogP contribution < -0.4 is 16.4 Å². The molecule has 0 aromatic heterocycles. The van der Waals surface area contributed by atoms with Crippen molar-refractivity contribution in [3.8, 4) is 0 Å². The Kier molecular flexibility index (Phi) is 7.19. The number of amides is 1. The summed E-state index contributed by atoms with van der Waals surface area (Å²) in [7, 11) is 0. The topological polar surface area (TPSA) is 84.2 Å². The number of anilines is 2. The van der Waals surface area contributed by atoms with Gasteiger partial charge in [-0.3, -0.25) is 9.59 Å². The predicted molar refractivity (Wildman–Crippen MR) is 125 cm³/mol. The third-order valence-corrected chi connectivity index (χ3v) is 5.74.